The molecule has 2 aliphatic carbocycles. The number of Topliss-reactive ketones (excluding diaryl/α,β-unsaturated/α-hetero) is 1. The maximum atomic E-state index is 14.2. The van der Waals surface area contributed by atoms with Gasteiger partial charge in [-0.2, -0.15) is 11.8 Å². The summed E-state index contributed by atoms with van der Waals surface area (Å²) < 4.78 is 1.01. The molecule has 0 radical (unpaired) electrons. The molecule has 0 unspecified atom stereocenters. The van der Waals surface area contributed by atoms with E-state index in [1.165, 1.54) is 22.3 Å². The van der Waals surface area contributed by atoms with Crippen LogP contribution in [0.1, 0.15) is 56.6 Å². The van der Waals surface area contributed by atoms with E-state index in [0.29, 0.717) is 22.2 Å². The molecule has 2 fully saturated rings. The number of carbonyl (C=O) groups is 1. The number of carbonyl (C=O) groups excluding carboxylic acids is 1. The topological polar surface area (TPSA) is 17.1 Å². The van der Waals surface area contributed by atoms with Gasteiger partial charge in [0.1, 0.15) is 0 Å². The van der Waals surface area contributed by atoms with Gasteiger partial charge in [0.15, 0.2) is 5.78 Å². The van der Waals surface area contributed by atoms with Gasteiger partial charge >= 0.3 is 0 Å². The van der Waals surface area contributed by atoms with Gasteiger partial charge in [-0.3, -0.25) is 4.79 Å². The van der Waals surface area contributed by atoms with Crippen molar-refractivity contribution in [3.8, 4) is 0 Å². The molecule has 3 aliphatic rings. The molecular weight excluding hydrogens is 484 g/mol. The summed E-state index contributed by atoms with van der Waals surface area (Å²) in [4.78, 5) is 14.2. The van der Waals surface area contributed by atoms with Crippen molar-refractivity contribution in [1.82, 2.24) is 0 Å². The van der Waals surface area contributed by atoms with Crippen LogP contribution < -0.4 is 0 Å². The van der Waals surface area contributed by atoms with E-state index >= 15 is 0 Å². The van der Waals surface area contributed by atoms with Crippen LogP contribution in [0.4, 0.5) is 0 Å². The third kappa shape index (κ3) is 2.81. The second-order valence-corrected chi connectivity index (χ2v) is 12.1. The monoisotopic (exact) mass is 506 g/mol. The molecule has 6 rings (SSSR count). The zero-order valence-electron chi connectivity index (χ0n) is 17.3. The Balaban J connectivity index is 1.52. The SMILES string of the molecule is CCSCc1ccccc1[C@H]1[C@@H]2S[C@H]3[C@@H](c4ccccc42)[C@]31C(=O)c1ccc(Br)cc1. The highest BCUT2D eigenvalue weighted by Crippen LogP contribution is 2.86. The van der Waals surface area contributed by atoms with Crippen molar-refractivity contribution in [2.45, 2.75) is 35.0 Å². The summed E-state index contributed by atoms with van der Waals surface area (Å²) in [5.74, 6) is 3.02. The lowest BCUT2D eigenvalue weighted by atomic mass is 9.68. The minimum atomic E-state index is -0.315. The number of halogens is 1. The Morgan fingerprint density at radius 3 is 2.35 bits per heavy atom. The van der Waals surface area contributed by atoms with Crippen LogP contribution in [0.5, 0.6) is 0 Å². The minimum absolute atomic E-state index is 0.243. The number of hydrogen-bond donors (Lipinski definition) is 0. The van der Waals surface area contributed by atoms with Gasteiger partial charge in [0.2, 0.25) is 0 Å². The molecule has 31 heavy (non-hydrogen) atoms. The van der Waals surface area contributed by atoms with Crippen LogP contribution in [0.15, 0.2) is 77.3 Å². The molecule has 1 saturated heterocycles. The molecule has 4 heteroatoms. The zero-order chi connectivity index (χ0) is 21.2. The van der Waals surface area contributed by atoms with Crippen molar-refractivity contribution in [2.24, 2.45) is 5.41 Å². The Morgan fingerprint density at radius 1 is 0.935 bits per heavy atom. The molecule has 2 bridgehead atoms. The summed E-state index contributed by atoms with van der Waals surface area (Å²) in [6.45, 7) is 2.21. The smallest absolute Gasteiger partial charge is 0.171 e. The van der Waals surface area contributed by atoms with E-state index in [-0.39, 0.29) is 11.3 Å². The summed E-state index contributed by atoms with van der Waals surface area (Å²) in [6, 6.07) is 25.7. The molecule has 156 valence electrons. The molecule has 5 atom stereocenters. The summed E-state index contributed by atoms with van der Waals surface area (Å²) in [6.07, 6.45) is 0. The van der Waals surface area contributed by atoms with Crippen molar-refractivity contribution in [3.05, 3.63) is 105 Å². The fourth-order valence-corrected chi connectivity index (χ4v) is 9.25. The van der Waals surface area contributed by atoms with Gasteiger partial charge in [-0.25, -0.2) is 0 Å². The number of ketones is 1. The summed E-state index contributed by atoms with van der Waals surface area (Å²) in [5, 5.41) is 0.749. The predicted molar refractivity (Wildman–Crippen MR) is 135 cm³/mol. The van der Waals surface area contributed by atoms with E-state index < -0.39 is 0 Å². The lowest BCUT2D eigenvalue weighted by Gasteiger charge is -2.37. The number of fused-ring (bicyclic) bond motifs is 5. The van der Waals surface area contributed by atoms with Crippen LogP contribution in [0.25, 0.3) is 0 Å². The van der Waals surface area contributed by atoms with Crippen molar-refractivity contribution in [3.63, 3.8) is 0 Å². The molecule has 1 aliphatic heterocycles. The maximum Gasteiger partial charge on any atom is 0.171 e. The Labute approximate surface area is 200 Å². The molecule has 1 saturated carbocycles. The second-order valence-electron chi connectivity index (χ2n) is 8.67. The summed E-state index contributed by atoms with van der Waals surface area (Å²) >= 11 is 7.54. The highest BCUT2D eigenvalue weighted by Gasteiger charge is 2.81. The molecule has 0 N–H and O–H groups in total. The third-order valence-electron chi connectivity index (χ3n) is 7.28. The van der Waals surface area contributed by atoms with Crippen LogP contribution in [0.2, 0.25) is 0 Å². The molecule has 0 spiro atoms. The third-order valence-corrected chi connectivity index (χ3v) is 10.5. The first-order valence-electron chi connectivity index (χ1n) is 10.9. The Morgan fingerprint density at radius 2 is 1.61 bits per heavy atom. The van der Waals surface area contributed by atoms with Crippen LogP contribution in [-0.4, -0.2) is 16.8 Å². The van der Waals surface area contributed by atoms with E-state index in [2.05, 4.69) is 83.1 Å². The number of rotatable bonds is 6. The first-order valence-corrected chi connectivity index (χ1v) is 13.8. The van der Waals surface area contributed by atoms with Crippen molar-refractivity contribution < 1.29 is 4.79 Å². The van der Waals surface area contributed by atoms with Gasteiger partial charge in [-0.15, -0.1) is 11.8 Å². The molecule has 3 aromatic carbocycles. The van der Waals surface area contributed by atoms with Crippen LogP contribution >= 0.6 is 39.5 Å². The van der Waals surface area contributed by atoms with Crippen molar-refractivity contribution >= 4 is 45.2 Å². The summed E-state index contributed by atoms with van der Waals surface area (Å²) in [5.41, 5.74) is 6.20. The lowest BCUT2D eigenvalue weighted by Crippen LogP contribution is -2.31. The zero-order valence-corrected chi connectivity index (χ0v) is 20.5. The Hall–Kier alpha value is -1.49. The molecule has 0 aromatic heterocycles. The van der Waals surface area contributed by atoms with E-state index in [9.17, 15) is 4.79 Å². The lowest BCUT2D eigenvalue weighted by molar-refractivity contribution is 0.0870. The van der Waals surface area contributed by atoms with E-state index in [1.807, 2.05) is 36.0 Å². The van der Waals surface area contributed by atoms with E-state index in [4.69, 9.17) is 0 Å². The fourth-order valence-electron chi connectivity index (χ4n) is 6.01. The van der Waals surface area contributed by atoms with Gasteiger partial charge in [0.25, 0.3) is 0 Å². The Bertz CT molecular complexity index is 1170. The number of thioether (sulfide) groups is 2. The van der Waals surface area contributed by atoms with E-state index in [0.717, 1.165) is 21.5 Å². The van der Waals surface area contributed by atoms with Crippen molar-refractivity contribution in [2.75, 3.05) is 5.75 Å². The minimum Gasteiger partial charge on any atom is -0.293 e. The quantitative estimate of drug-likeness (QED) is 0.320. The highest BCUT2D eigenvalue weighted by atomic mass is 79.9. The molecule has 3 aromatic rings. The highest BCUT2D eigenvalue weighted by molar-refractivity contribution is 9.10. The van der Waals surface area contributed by atoms with Crippen molar-refractivity contribution in [1.29, 1.82) is 0 Å². The first kappa shape index (κ1) is 20.1. The van der Waals surface area contributed by atoms with Gasteiger partial charge in [-0.1, -0.05) is 83.5 Å². The predicted octanol–water partition coefficient (Wildman–Crippen LogP) is 7.62. The average molecular weight is 508 g/mol. The van der Waals surface area contributed by atoms with Crippen LogP contribution in [0, 0.1) is 5.41 Å². The molecular formula is C27H23BrOS2. The van der Waals surface area contributed by atoms with Gasteiger partial charge in [-0.05, 0) is 40.1 Å². The average Bonchev–Trinajstić information content (AvgIpc) is 3.38. The molecule has 0 amide bonds. The summed E-state index contributed by atoms with van der Waals surface area (Å²) in [7, 11) is 0. The second kappa shape index (κ2) is 7.54. The normalized spacial score (nSPS) is 29.5. The molecule has 1 nitrogen and oxygen atoms in total. The Kier molecular flexibility index (Phi) is 4.90. The largest absolute Gasteiger partial charge is 0.293 e. The molecule has 1 heterocycles. The van der Waals surface area contributed by atoms with Crippen LogP contribution in [0.3, 0.4) is 0 Å². The fraction of sp³-hybridized carbons (Fsp3) is 0.296. The van der Waals surface area contributed by atoms with Crippen LogP contribution in [-0.2, 0) is 5.75 Å². The maximum absolute atomic E-state index is 14.2. The van der Waals surface area contributed by atoms with E-state index in [1.54, 1.807) is 0 Å². The number of hydrogen-bond acceptors (Lipinski definition) is 3. The number of benzene rings is 3. The first-order chi connectivity index (χ1) is 15.2. The standard InChI is InChI=1S/C27H23BrOS2/c1-2-30-15-17-7-3-4-8-19(17)22-24-21-10-6-5-9-20(21)23-26(31-24)27(22,23)25(29)16-11-13-18(28)14-12-16/h3-14,22-24,26H,2,15H2,1H3/t22-,23+,24+,26-,27+/m0/s1. The van der Waals surface area contributed by atoms with Gasteiger partial charge < -0.3 is 0 Å². The van der Waals surface area contributed by atoms with Gasteiger partial charge in [0, 0.05) is 38.1 Å². The van der Waals surface area contributed by atoms with Gasteiger partial charge in [0.05, 0.1) is 5.41 Å².